The van der Waals surface area contributed by atoms with E-state index in [1.807, 2.05) is 0 Å². The normalized spacial score (nSPS) is 10.3. The van der Waals surface area contributed by atoms with Crippen molar-refractivity contribution >= 4 is 17.4 Å². The maximum Gasteiger partial charge on any atom is 0.233 e. The summed E-state index contributed by atoms with van der Waals surface area (Å²) in [5.74, 6) is -0.406. The lowest BCUT2D eigenvalue weighted by Crippen LogP contribution is -2.08. The van der Waals surface area contributed by atoms with Crippen molar-refractivity contribution in [3.05, 3.63) is 52.4 Å². The molecule has 0 atom stereocenters. The Bertz CT molecular complexity index is 602. The molecule has 0 saturated heterocycles. The Labute approximate surface area is 114 Å². The lowest BCUT2D eigenvalue weighted by molar-refractivity contribution is 0.0987. The number of hydrogen-bond donors (Lipinski definition) is 0. The Kier molecular flexibility index (Phi) is 4.06. The number of hydrogen-bond acceptors (Lipinski definition) is 4. The lowest BCUT2D eigenvalue weighted by Gasteiger charge is -2.04. The number of carbonyl (C=O) groups is 1. The minimum atomic E-state index is -0.437. The van der Waals surface area contributed by atoms with E-state index in [9.17, 15) is 9.18 Å². The highest BCUT2D eigenvalue weighted by atomic mass is 35.5. The number of Topliss-reactive ketones (excluding diaryl/α,β-unsaturated/α-hetero) is 1. The molecule has 1 heterocycles. The first-order valence-electron chi connectivity index (χ1n) is 5.45. The van der Waals surface area contributed by atoms with Gasteiger partial charge in [-0.25, -0.2) is 4.39 Å². The van der Waals surface area contributed by atoms with Crippen molar-refractivity contribution in [3.63, 3.8) is 0 Å². The number of halogens is 2. The third-order valence-electron chi connectivity index (χ3n) is 2.49. The zero-order valence-corrected chi connectivity index (χ0v) is 10.8. The summed E-state index contributed by atoms with van der Waals surface area (Å²) in [7, 11) is 1.46. The van der Waals surface area contributed by atoms with Crippen molar-refractivity contribution in [1.82, 2.24) is 10.2 Å². The Morgan fingerprint density at radius 1 is 1.32 bits per heavy atom. The van der Waals surface area contributed by atoms with Crippen LogP contribution in [-0.4, -0.2) is 23.1 Å². The van der Waals surface area contributed by atoms with E-state index in [1.54, 1.807) is 0 Å². The quantitative estimate of drug-likeness (QED) is 0.808. The largest absolute Gasteiger partial charge is 0.480 e. The van der Waals surface area contributed by atoms with Gasteiger partial charge in [-0.05, 0) is 29.8 Å². The molecule has 2 aromatic rings. The fraction of sp³-hybridized carbons (Fsp3) is 0.154. The summed E-state index contributed by atoms with van der Waals surface area (Å²) < 4.78 is 17.9. The number of carbonyl (C=O) groups excluding carboxylic acids is 1. The highest BCUT2D eigenvalue weighted by molar-refractivity contribution is 6.31. The third kappa shape index (κ3) is 3.26. The number of benzene rings is 1. The Morgan fingerprint density at radius 2 is 2.11 bits per heavy atom. The molecular weight excluding hydrogens is 271 g/mol. The first kappa shape index (κ1) is 13.4. The van der Waals surface area contributed by atoms with Gasteiger partial charge in [0.05, 0.1) is 7.11 Å². The van der Waals surface area contributed by atoms with Gasteiger partial charge in [0, 0.05) is 17.5 Å². The SMILES string of the molecule is COc1ccc(C(=O)Cc2cc(F)ccc2Cl)nn1. The molecule has 19 heavy (non-hydrogen) atoms. The average molecular weight is 281 g/mol. The van der Waals surface area contributed by atoms with Crippen LogP contribution in [0.1, 0.15) is 16.1 Å². The van der Waals surface area contributed by atoms with Gasteiger partial charge in [0.2, 0.25) is 5.88 Å². The van der Waals surface area contributed by atoms with Gasteiger partial charge >= 0.3 is 0 Å². The van der Waals surface area contributed by atoms with Crippen LogP contribution in [0.3, 0.4) is 0 Å². The molecule has 0 saturated carbocycles. The van der Waals surface area contributed by atoms with Crippen molar-refractivity contribution in [2.75, 3.05) is 7.11 Å². The summed E-state index contributed by atoms with van der Waals surface area (Å²) in [5, 5.41) is 7.78. The molecule has 2 rings (SSSR count). The summed E-state index contributed by atoms with van der Waals surface area (Å²) in [6.07, 6.45) is -0.0302. The second-order valence-corrected chi connectivity index (χ2v) is 4.20. The van der Waals surface area contributed by atoms with Gasteiger partial charge in [-0.1, -0.05) is 11.6 Å². The van der Waals surface area contributed by atoms with E-state index in [-0.39, 0.29) is 17.9 Å². The molecule has 0 aliphatic rings. The second kappa shape index (κ2) is 5.75. The van der Waals surface area contributed by atoms with Crippen LogP contribution in [0.25, 0.3) is 0 Å². The van der Waals surface area contributed by atoms with E-state index < -0.39 is 5.82 Å². The Hall–Kier alpha value is -2.01. The molecule has 98 valence electrons. The molecule has 0 bridgehead atoms. The third-order valence-corrected chi connectivity index (χ3v) is 2.86. The zero-order valence-electron chi connectivity index (χ0n) is 10.1. The molecule has 0 unspecified atom stereocenters. The highest BCUT2D eigenvalue weighted by Crippen LogP contribution is 2.19. The van der Waals surface area contributed by atoms with Gasteiger partial charge in [-0.3, -0.25) is 4.79 Å². The topological polar surface area (TPSA) is 52.1 Å². The molecule has 1 aromatic heterocycles. The van der Waals surface area contributed by atoms with Gasteiger partial charge in [0.25, 0.3) is 0 Å². The van der Waals surface area contributed by atoms with Gasteiger partial charge in [0.1, 0.15) is 11.5 Å². The van der Waals surface area contributed by atoms with Crippen LogP contribution in [0.15, 0.2) is 30.3 Å². The molecule has 0 fully saturated rings. The molecule has 0 aliphatic carbocycles. The maximum absolute atomic E-state index is 13.1. The van der Waals surface area contributed by atoms with E-state index in [0.717, 1.165) is 0 Å². The standard InChI is InChI=1S/C13H10ClFN2O2/c1-19-13-5-4-11(16-17-13)12(18)7-8-6-9(15)2-3-10(8)14/h2-6H,7H2,1H3. The number of nitrogens with zero attached hydrogens (tertiary/aromatic N) is 2. The first-order chi connectivity index (χ1) is 9.10. The molecule has 4 nitrogen and oxygen atoms in total. The number of ether oxygens (including phenoxy) is 1. The summed E-state index contributed by atoms with van der Waals surface area (Å²) in [4.78, 5) is 12.0. The van der Waals surface area contributed by atoms with Crippen LogP contribution in [0, 0.1) is 5.82 Å². The van der Waals surface area contributed by atoms with E-state index in [0.29, 0.717) is 16.5 Å². The Morgan fingerprint density at radius 3 is 2.74 bits per heavy atom. The molecule has 1 aromatic carbocycles. The number of ketones is 1. The summed E-state index contributed by atoms with van der Waals surface area (Å²) >= 11 is 5.90. The first-order valence-corrected chi connectivity index (χ1v) is 5.83. The lowest BCUT2D eigenvalue weighted by atomic mass is 10.1. The van der Waals surface area contributed by atoms with Crippen LogP contribution >= 0.6 is 11.6 Å². The monoisotopic (exact) mass is 280 g/mol. The molecular formula is C13H10ClFN2O2. The second-order valence-electron chi connectivity index (χ2n) is 3.80. The molecule has 0 N–H and O–H groups in total. The highest BCUT2D eigenvalue weighted by Gasteiger charge is 2.12. The fourth-order valence-corrected chi connectivity index (χ4v) is 1.70. The summed E-state index contributed by atoms with van der Waals surface area (Å²) in [6.45, 7) is 0. The predicted octanol–water partition coefficient (Wildman–Crippen LogP) is 2.70. The van der Waals surface area contributed by atoms with Gasteiger partial charge in [0.15, 0.2) is 5.78 Å². The molecule has 0 aliphatic heterocycles. The van der Waals surface area contributed by atoms with E-state index in [2.05, 4.69) is 10.2 Å². The van der Waals surface area contributed by atoms with E-state index in [4.69, 9.17) is 16.3 Å². The number of methoxy groups -OCH3 is 1. The predicted molar refractivity (Wildman–Crippen MR) is 68.0 cm³/mol. The molecule has 0 radical (unpaired) electrons. The van der Waals surface area contributed by atoms with Crippen molar-refractivity contribution in [3.8, 4) is 5.88 Å². The average Bonchev–Trinajstić information content (AvgIpc) is 2.43. The van der Waals surface area contributed by atoms with Crippen molar-refractivity contribution in [2.24, 2.45) is 0 Å². The van der Waals surface area contributed by atoms with Crippen molar-refractivity contribution in [1.29, 1.82) is 0 Å². The summed E-state index contributed by atoms with van der Waals surface area (Å²) in [6, 6.07) is 6.93. The molecule has 6 heteroatoms. The van der Waals surface area contributed by atoms with E-state index in [1.165, 1.54) is 37.4 Å². The number of rotatable bonds is 4. The van der Waals surface area contributed by atoms with Crippen molar-refractivity contribution in [2.45, 2.75) is 6.42 Å². The van der Waals surface area contributed by atoms with Crippen LogP contribution < -0.4 is 4.74 Å². The van der Waals surface area contributed by atoms with E-state index >= 15 is 0 Å². The van der Waals surface area contributed by atoms with Crippen LogP contribution in [-0.2, 0) is 6.42 Å². The molecule has 0 spiro atoms. The zero-order chi connectivity index (χ0) is 13.8. The smallest absolute Gasteiger partial charge is 0.233 e. The fourth-order valence-electron chi connectivity index (χ4n) is 1.52. The van der Waals surface area contributed by atoms with Gasteiger partial charge in [-0.15, -0.1) is 10.2 Å². The molecule has 0 amide bonds. The van der Waals surface area contributed by atoms with Crippen LogP contribution in [0.4, 0.5) is 4.39 Å². The maximum atomic E-state index is 13.1. The van der Waals surface area contributed by atoms with Gasteiger partial charge in [-0.2, -0.15) is 0 Å². The Balaban J connectivity index is 2.18. The van der Waals surface area contributed by atoms with Crippen LogP contribution in [0.2, 0.25) is 5.02 Å². The number of aromatic nitrogens is 2. The minimum absolute atomic E-state index is 0.0302. The van der Waals surface area contributed by atoms with Crippen LogP contribution in [0.5, 0.6) is 5.88 Å². The van der Waals surface area contributed by atoms with Crippen molar-refractivity contribution < 1.29 is 13.9 Å². The van der Waals surface area contributed by atoms with Gasteiger partial charge < -0.3 is 4.74 Å². The summed E-state index contributed by atoms with van der Waals surface area (Å²) in [5.41, 5.74) is 0.602. The minimum Gasteiger partial charge on any atom is -0.480 e.